The molecule has 0 bridgehead atoms. The SMILES string of the molecule is CCN=C(Nc1cccc(Cl)c1)S[C@H]1CC(=O)N(c2ccc(OC)cc2)C1=O. The fraction of sp³-hybridized carbons (Fsp3) is 0.250. The second-order valence-electron chi connectivity index (χ2n) is 5.99. The average Bonchev–Trinajstić information content (AvgIpc) is 2.95. The number of halogens is 1. The summed E-state index contributed by atoms with van der Waals surface area (Å²) in [7, 11) is 1.56. The van der Waals surface area contributed by atoms with E-state index in [-0.39, 0.29) is 18.2 Å². The molecule has 0 aliphatic carbocycles. The molecule has 1 heterocycles. The van der Waals surface area contributed by atoms with Gasteiger partial charge in [0.15, 0.2) is 5.17 Å². The van der Waals surface area contributed by atoms with Crippen LogP contribution in [0.4, 0.5) is 11.4 Å². The molecule has 0 saturated carbocycles. The first-order valence-electron chi connectivity index (χ1n) is 8.76. The van der Waals surface area contributed by atoms with Crippen LogP contribution in [0.1, 0.15) is 13.3 Å². The standard InChI is InChI=1S/C20H20ClN3O3S/c1-3-22-20(23-14-6-4-5-13(21)11-14)28-17-12-18(25)24(19(17)26)15-7-9-16(27-2)10-8-15/h4-11,17H,3,12H2,1-2H3,(H,22,23)/t17-/m0/s1. The molecular weight excluding hydrogens is 398 g/mol. The number of aliphatic imine (C=N–C) groups is 1. The zero-order valence-corrected chi connectivity index (χ0v) is 17.1. The monoisotopic (exact) mass is 417 g/mol. The molecule has 0 unspecified atom stereocenters. The van der Waals surface area contributed by atoms with Gasteiger partial charge in [0.2, 0.25) is 11.8 Å². The molecule has 1 atom stereocenters. The molecule has 2 amide bonds. The van der Waals surface area contributed by atoms with Gasteiger partial charge in [-0.05, 0) is 49.4 Å². The number of carbonyl (C=O) groups is 2. The predicted octanol–water partition coefficient (Wildman–Crippen LogP) is 4.20. The van der Waals surface area contributed by atoms with Crippen LogP contribution in [0.2, 0.25) is 5.02 Å². The summed E-state index contributed by atoms with van der Waals surface area (Å²) >= 11 is 7.28. The maximum atomic E-state index is 12.9. The molecule has 28 heavy (non-hydrogen) atoms. The summed E-state index contributed by atoms with van der Waals surface area (Å²) in [5, 5.41) is 3.82. The molecule has 0 radical (unpaired) electrons. The van der Waals surface area contributed by atoms with Crippen LogP contribution >= 0.6 is 23.4 Å². The van der Waals surface area contributed by atoms with Gasteiger partial charge in [0.25, 0.3) is 0 Å². The lowest BCUT2D eigenvalue weighted by Gasteiger charge is -2.16. The van der Waals surface area contributed by atoms with Crippen LogP contribution in [0.5, 0.6) is 5.75 Å². The van der Waals surface area contributed by atoms with Crippen molar-refractivity contribution in [2.24, 2.45) is 4.99 Å². The normalized spacial score (nSPS) is 17.2. The molecule has 0 spiro atoms. The van der Waals surface area contributed by atoms with Crippen molar-refractivity contribution < 1.29 is 14.3 Å². The Hall–Kier alpha value is -2.51. The third-order valence-electron chi connectivity index (χ3n) is 4.07. The highest BCUT2D eigenvalue weighted by Crippen LogP contribution is 2.31. The minimum absolute atomic E-state index is 0.121. The van der Waals surface area contributed by atoms with E-state index in [1.54, 1.807) is 43.5 Å². The number of rotatable bonds is 5. The van der Waals surface area contributed by atoms with E-state index in [1.807, 2.05) is 19.1 Å². The Bertz CT molecular complexity index is 902. The van der Waals surface area contributed by atoms with E-state index in [4.69, 9.17) is 16.3 Å². The fourth-order valence-corrected chi connectivity index (χ4v) is 4.05. The minimum Gasteiger partial charge on any atom is -0.497 e. The number of hydrogen-bond acceptors (Lipinski definition) is 5. The van der Waals surface area contributed by atoms with Gasteiger partial charge < -0.3 is 10.1 Å². The van der Waals surface area contributed by atoms with E-state index < -0.39 is 5.25 Å². The van der Waals surface area contributed by atoms with Crippen LogP contribution in [0, 0.1) is 0 Å². The predicted molar refractivity (Wildman–Crippen MR) is 115 cm³/mol. The Morgan fingerprint density at radius 1 is 1.29 bits per heavy atom. The molecule has 2 aromatic rings. The van der Waals surface area contributed by atoms with Crippen molar-refractivity contribution in [3.05, 3.63) is 53.6 Å². The fourth-order valence-electron chi connectivity index (χ4n) is 2.77. The number of thioether (sulfide) groups is 1. The molecule has 0 aromatic heterocycles. The lowest BCUT2D eigenvalue weighted by Crippen LogP contribution is -2.31. The largest absolute Gasteiger partial charge is 0.497 e. The van der Waals surface area contributed by atoms with E-state index in [0.717, 1.165) is 5.69 Å². The Balaban J connectivity index is 1.74. The number of amides is 2. The molecule has 1 aliphatic heterocycles. The summed E-state index contributed by atoms with van der Waals surface area (Å²) in [5.74, 6) is 0.181. The van der Waals surface area contributed by atoms with E-state index >= 15 is 0 Å². The van der Waals surface area contributed by atoms with Gasteiger partial charge in [-0.3, -0.25) is 14.6 Å². The number of methoxy groups -OCH3 is 1. The summed E-state index contributed by atoms with van der Waals surface area (Å²) in [6.45, 7) is 2.46. The molecule has 1 aliphatic rings. The maximum absolute atomic E-state index is 12.9. The van der Waals surface area contributed by atoms with Gasteiger partial charge in [-0.25, -0.2) is 4.90 Å². The highest BCUT2D eigenvalue weighted by atomic mass is 35.5. The topological polar surface area (TPSA) is 71.0 Å². The molecule has 1 fully saturated rings. The Morgan fingerprint density at radius 2 is 2.04 bits per heavy atom. The van der Waals surface area contributed by atoms with Crippen molar-refractivity contribution in [1.29, 1.82) is 0 Å². The lowest BCUT2D eigenvalue weighted by molar-refractivity contribution is -0.121. The first-order valence-corrected chi connectivity index (χ1v) is 10.0. The first kappa shape index (κ1) is 20.2. The second kappa shape index (κ2) is 9.12. The molecule has 1 N–H and O–H groups in total. The number of nitrogens with one attached hydrogen (secondary N) is 1. The van der Waals surface area contributed by atoms with E-state index in [0.29, 0.717) is 28.2 Å². The van der Waals surface area contributed by atoms with Gasteiger partial charge in [-0.1, -0.05) is 29.4 Å². The summed E-state index contributed by atoms with van der Waals surface area (Å²) in [5.41, 5.74) is 1.31. The highest BCUT2D eigenvalue weighted by molar-refractivity contribution is 8.15. The molecule has 2 aromatic carbocycles. The highest BCUT2D eigenvalue weighted by Gasteiger charge is 2.40. The number of nitrogens with zero attached hydrogens (tertiary/aromatic N) is 2. The number of ether oxygens (including phenoxy) is 1. The molecule has 1 saturated heterocycles. The van der Waals surface area contributed by atoms with Crippen LogP contribution in [-0.2, 0) is 9.59 Å². The van der Waals surface area contributed by atoms with Gasteiger partial charge >= 0.3 is 0 Å². The number of imide groups is 1. The summed E-state index contributed by atoms with van der Waals surface area (Å²) in [6.07, 6.45) is 0.121. The van der Waals surface area contributed by atoms with Crippen molar-refractivity contribution >= 4 is 51.7 Å². The molecular formula is C20H20ClN3O3S. The second-order valence-corrected chi connectivity index (χ2v) is 7.62. The van der Waals surface area contributed by atoms with Crippen molar-refractivity contribution in [2.75, 3.05) is 23.9 Å². The van der Waals surface area contributed by atoms with Gasteiger partial charge in [0.05, 0.1) is 12.8 Å². The quantitative estimate of drug-likeness (QED) is 0.448. The Kier molecular flexibility index (Phi) is 6.59. The molecule has 8 heteroatoms. The van der Waals surface area contributed by atoms with E-state index in [1.165, 1.54) is 16.7 Å². The zero-order chi connectivity index (χ0) is 20.1. The van der Waals surface area contributed by atoms with Gasteiger partial charge in [-0.2, -0.15) is 0 Å². The summed E-state index contributed by atoms with van der Waals surface area (Å²) in [4.78, 5) is 31.0. The number of carbonyl (C=O) groups excluding carboxylic acids is 2. The van der Waals surface area contributed by atoms with E-state index in [2.05, 4.69) is 10.3 Å². The first-order chi connectivity index (χ1) is 13.5. The van der Waals surface area contributed by atoms with Crippen molar-refractivity contribution in [1.82, 2.24) is 0 Å². The summed E-state index contributed by atoms with van der Waals surface area (Å²) in [6, 6.07) is 14.1. The Morgan fingerprint density at radius 3 is 2.68 bits per heavy atom. The molecule has 3 rings (SSSR count). The lowest BCUT2D eigenvalue weighted by atomic mass is 10.3. The average molecular weight is 418 g/mol. The van der Waals surface area contributed by atoms with E-state index in [9.17, 15) is 9.59 Å². The third-order valence-corrected chi connectivity index (χ3v) is 5.41. The van der Waals surface area contributed by atoms with Crippen LogP contribution in [-0.4, -0.2) is 35.9 Å². The number of amidine groups is 1. The third kappa shape index (κ3) is 4.66. The minimum atomic E-state index is -0.536. The molecule has 146 valence electrons. The number of anilines is 2. The summed E-state index contributed by atoms with van der Waals surface area (Å²) < 4.78 is 5.13. The van der Waals surface area contributed by atoms with Crippen molar-refractivity contribution in [2.45, 2.75) is 18.6 Å². The Labute approximate surface area is 172 Å². The smallest absolute Gasteiger partial charge is 0.247 e. The number of hydrogen-bond donors (Lipinski definition) is 1. The maximum Gasteiger partial charge on any atom is 0.247 e. The van der Waals surface area contributed by atoms with Gasteiger partial charge in [0.1, 0.15) is 11.0 Å². The van der Waals surface area contributed by atoms with Crippen LogP contribution in [0.3, 0.4) is 0 Å². The van der Waals surface area contributed by atoms with Gasteiger partial charge in [-0.15, -0.1) is 0 Å². The van der Waals surface area contributed by atoms with Crippen molar-refractivity contribution in [3.63, 3.8) is 0 Å². The van der Waals surface area contributed by atoms with Gasteiger partial charge in [0, 0.05) is 23.7 Å². The van der Waals surface area contributed by atoms with Crippen LogP contribution in [0.15, 0.2) is 53.5 Å². The van der Waals surface area contributed by atoms with Crippen LogP contribution in [0.25, 0.3) is 0 Å². The number of benzene rings is 2. The zero-order valence-electron chi connectivity index (χ0n) is 15.5. The van der Waals surface area contributed by atoms with Crippen molar-refractivity contribution in [3.8, 4) is 5.75 Å². The van der Waals surface area contributed by atoms with Crippen LogP contribution < -0.4 is 15.0 Å². The molecule has 6 nitrogen and oxygen atoms in total.